The van der Waals surface area contributed by atoms with Crippen molar-refractivity contribution in [3.05, 3.63) is 23.5 Å². The van der Waals surface area contributed by atoms with E-state index in [9.17, 15) is 13.2 Å². The third-order valence-electron chi connectivity index (χ3n) is 2.46. The van der Waals surface area contributed by atoms with Crippen molar-refractivity contribution in [3.8, 4) is 0 Å². The normalized spacial score (nSPS) is 11.9. The van der Waals surface area contributed by atoms with Crippen molar-refractivity contribution in [1.29, 1.82) is 0 Å². The number of hydrogen-bond donors (Lipinski definition) is 1. The lowest BCUT2D eigenvalue weighted by Gasteiger charge is -2.20. The number of rotatable bonds is 6. The van der Waals surface area contributed by atoms with Crippen LogP contribution in [0.1, 0.15) is 20.8 Å². The molecule has 0 aliphatic heterocycles. The van der Waals surface area contributed by atoms with Crippen LogP contribution in [0.5, 0.6) is 0 Å². The van der Waals surface area contributed by atoms with Gasteiger partial charge in [-0.25, -0.2) is 13.4 Å². The van der Waals surface area contributed by atoms with Crippen LogP contribution >= 0.6 is 11.6 Å². The molecule has 0 bridgehead atoms. The molecule has 0 atom stereocenters. The number of halogens is 1. The Morgan fingerprint density at radius 1 is 1.50 bits per heavy atom. The highest BCUT2D eigenvalue weighted by molar-refractivity contribution is 7.89. The van der Waals surface area contributed by atoms with E-state index in [1.807, 2.05) is 13.8 Å². The van der Waals surface area contributed by atoms with E-state index in [4.69, 9.17) is 11.6 Å². The number of carbonyl (C=O) groups excluding carboxylic acids is 1. The topological polar surface area (TPSA) is 79.4 Å². The van der Waals surface area contributed by atoms with Gasteiger partial charge in [-0.3, -0.25) is 4.79 Å². The van der Waals surface area contributed by atoms with Crippen LogP contribution in [0.4, 0.5) is 0 Å². The third-order valence-corrected chi connectivity index (χ3v) is 4.58. The van der Waals surface area contributed by atoms with Gasteiger partial charge in [-0.2, -0.15) is 4.31 Å². The molecule has 0 fully saturated rings. The van der Waals surface area contributed by atoms with Gasteiger partial charge in [0.1, 0.15) is 5.15 Å². The lowest BCUT2D eigenvalue weighted by Crippen LogP contribution is -2.42. The molecule has 0 radical (unpaired) electrons. The Morgan fingerprint density at radius 3 is 2.65 bits per heavy atom. The van der Waals surface area contributed by atoms with Gasteiger partial charge >= 0.3 is 0 Å². The van der Waals surface area contributed by atoms with Gasteiger partial charge in [0.2, 0.25) is 15.9 Å². The van der Waals surface area contributed by atoms with Crippen molar-refractivity contribution in [1.82, 2.24) is 14.6 Å². The van der Waals surface area contributed by atoms with E-state index in [2.05, 4.69) is 10.3 Å². The quantitative estimate of drug-likeness (QED) is 0.801. The first-order chi connectivity index (χ1) is 9.27. The Bertz CT molecular complexity index is 575. The monoisotopic (exact) mass is 319 g/mol. The summed E-state index contributed by atoms with van der Waals surface area (Å²) in [6.07, 6.45) is 1.32. The molecule has 1 aromatic rings. The fourth-order valence-corrected chi connectivity index (χ4v) is 3.25. The van der Waals surface area contributed by atoms with E-state index < -0.39 is 10.0 Å². The number of nitrogens with one attached hydrogen (secondary N) is 1. The number of pyridine rings is 1. The van der Waals surface area contributed by atoms with Gasteiger partial charge < -0.3 is 5.32 Å². The van der Waals surface area contributed by atoms with E-state index in [0.717, 1.165) is 4.31 Å². The molecule has 0 saturated heterocycles. The largest absolute Gasteiger partial charge is 0.353 e. The molecule has 0 unspecified atom stereocenters. The van der Waals surface area contributed by atoms with Crippen LogP contribution in [0.3, 0.4) is 0 Å². The van der Waals surface area contributed by atoms with E-state index in [0.29, 0.717) is 0 Å². The fourth-order valence-electron chi connectivity index (χ4n) is 1.59. The summed E-state index contributed by atoms with van der Waals surface area (Å²) in [6, 6.07) is 2.57. The van der Waals surface area contributed by atoms with E-state index in [1.54, 1.807) is 6.92 Å². The van der Waals surface area contributed by atoms with Crippen LogP contribution in [0.15, 0.2) is 23.2 Å². The number of sulfonamides is 1. The Morgan fingerprint density at radius 2 is 2.15 bits per heavy atom. The van der Waals surface area contributed by atoms with Gasteiger partial charge in [0.25, 0.3) is 0 Å². The summed E-state index contributed by atoms with van der Waals surface area (Å²) < 4.78 is 25.9. The molecule has 0 aliphatic rings. The van der Waals surface area contributed by atoms with E-state index >= 15 is 0 Å². The summed E-state index contributed by atoms with van der Waals surface area (Å²) in [7, 11) is -3.76. The van der Waals surface area contributed by atoms with Gasteiger partial charge in [-0.05, 0) is 26.0 Å². The highest BCUT2D eigenvalue weighted by atomic mass is 35.5. The van der Waals surface area contributed by atoms with Crippen LogP contribution < -0.4 is 5.32 Å². The van der Waals surface area contributed by atoms with Crippen molar-refractivity contribution in [2.45, 2.75) is 31.7 Å². The van der Waals surface area contributed by atoms with Gasteiger partial charge in [-0.1, -0.05) is 18.5 Å². The number of likely N-dealkylation sites (N-methyl/N-ethyl adjacent to an activating group) is 1. The van der Waals surface area contributed by atoms with Crippen LogP contribution in [0, 0.1) is 0 Å². The Kier molecular flexibility index (Phi) is 5.91. The molecule has 112 valence electrons. The lowest BCUT2D eigenvalue weighted by molar-refractivity contribution is -0.121. The maximum atomic E-state index is 12.4. The molecule has 8 heteroatoms. The maximum Gasteiger partial charge on any atom is 0.243 e. The number of amides is 1. The van der Waals surface area contributed by atoms with E-state index in [-0.39, 0.29) is 35.1 Å². The van der Waals surface area contributed by atoms with Crippen LogP contribution in [0.2, 0.25) is 5.15 Å². The van der Waals surface area contributed by atoms with Crippen molar-refractivity contribution in [3.63, 3.8) is 0 Å². The highest BCUT2D eigenvalue weighted by Crippen LogP contribution is 2.17. The Labute approximate surface area is 124 Å². The molecule has 6 nitrogen and oxygen atoms in total. The number of aromatic nitrogens is 1. The zero-order valence-electron chi connectivity index (χ0n) is 11.6. The molecule has 0 aliphatic carbocycles. The SMILES string of the molecule is CCN(CC(=O)NC(C)C)S(=O)(=O)c1ccnc(Cl)c1. The molecule has 1 rings (SSSR count). The smallest absolute Gasteiger partial charge is 0.243 e. The van der Waals surface area contributed by atoms with Gasteiger partial charge in [-0.15, -0.1) is 0 Å². The molecule has 0 aromatic carbocycles. The molecule has 1 heterocycles. The Hall–Kier alpha value is -1.18. The van der Waals surface area contributed by atoms with Crippen molar-refractivity contribution < 1.29 is 13.2 Å². The third kappa shape index (κ3) is 4.43. The van der Waals surface area contributed by atoms with Crippen molar-refractivity contribution >= 4 is 27.5 Å². The molecule has 0 spiro atoms. The summed E-state index contributed by atoms with van der Waals surface area (Å²) >= 11 is 5.70. The average molecular weight is 320 g/mol. The van der Waals surface area contributed by atoms with Crippen LogP contribution in [0.25, 0.3) is 0 Å². The molecule has 0 saturated carbocycles. The summed E-state index contributed by atoms with van der Waals surface area (Å²) in [6.45, 7) is 5.25. The van der Waals surface area contributed by atoms with Gasteiger partial charge in [0.15, 0.2) is 0 Å². The number of hydrogen-bond acceptors (Lipinski definition) is 4. The average Bonchev–Trinajstić information content (AvgIpc) is 2.34. The van der Waals surface area contributed by atoms with Crippen molar-refractivity contribution in [2.24, 2.45) is 0 Å². The summed E-state index contributed by atoms with van der Waals surface area (Å²) in [5, 5.41) is 2.75. The first-order valence-electron chi connectivity index (χ1n) is 6.18. The molecular formula is C12H18ClN3O3S. The summed E-state index contributed by atoms with van der Waals surface area (Å²) in [4.78, 5) is 15.5. The zero-order valence-corrected chi connectivity index (χ0v) is 13.2. The molecule has 1 amide bonds. The summed E-state index contributed by atoms with van der Waals surface area (Å²) in [5.41, 5.74) is 0. The predicted molar refractivity (Wildman–Crippen MR) is 77.0 cm³/mol. The molecule has 1 aromatic heterocycles. The maximum absolute atomic E-state index is 12.4. The number of carbonyl (C=O) groups is 1. The Balaban J connectivity index is 2.96. The minimum Gasteiger partial charge on any atom is -0.353 e. The fraction of sp³-hybridized carbons (Fsp3) is 0.500. The highest BCUT2D eigenvalue weighted by Gasteiger charge is 2.25. The first kappa shape index (κ1) is 16.9. The van der Waals surface area contributed by atoms with E-state index in [1.165, 1.54) is 18.3 Å². The van der Waals surface area contributed by atoms with Crippen molar-refractivity contribution in [2.75, 3.05) is 13.1 Å². The number of nitrogens with zero attached hydrogens (tertiary/aromatic N) is 2. The lowest BCUT2D eigenvalue weighted by atomic mass is 10.4. The summed E-state index contributed by atoms with van der Waals surface area (Å²) in [5.74, 6) is -0.342. The molecule has 20 heavy (non-hydrogen) atoms. The minimum atomic E-state index is -3.76. The molecular weight excluding hydrogens is 302 g/mol. The van der Waals surface area contributed by atoms with Crippen LogP contribution in [-0.4, -0.2) is 42.7 Å². The standard InChI is InChI=1S/C12H18ClN3O3S/c1-4-16(8-12(17)15-9(2)3)20(18,19)10-5-6-14-11(13)7-10/h5-7,9H,4,8H2,1-3H3,(H,15,17). The first-order valence-corrected chi connectivity index (χ1v) is 8.00. The second-order valence-corrected chi connectivity index (χ2v) is 6.79. The second-order valence-electron chi connectivity index (χ2n) is 4.47. The molecule has 1 N–H and O–H groups in total. The zero-order chi connectivity index (χ0) is 15.3. The van der Waals surface area contributed by atoms with Gasteiger partial charge in [0.05, 0.1) is 11.4 Å². The minimum absolute atomic E-state index is 0.0247. The second kappa shape index (κ2) is 7.01. The van der Waals surface area contributed by atoms with Gasteiger partial charge in [0, 0.05) is 18.8 Å². The van der Waals surface area contributed by atoms with Crippen LogP contribution in [-0.2, 0) is 14.8 Å². The predicted octanol–water partition coefficient (Wildman–Crippen LogP) is 1.27.